The van der Waals surface area contributed by atoms with Gasteiger partial charge in [0.05, 0.1) is 15.9 Å². The van der Waals surface area contributed by atoms with Crippen molar-refractivity contribution in [2.24, 2.45) is 0 Å². The first-order chi connectivity index (χ1) is 6.03. The highest BCUT2D eigenvalue weighted by molar-refractivity contribution is 7.85. The maximum Gasteiger partial charge on any atom is 0.304 e. The Morgan fingerprint density at radius 2 is 2.00 bits per heavy atom. The Balaban J connectivity index is 4.51. The molecule has 1 amide bonds. The number of hydrogen-bond acceptors (Lipinski definition) is 4. The molecule has 0 rings (SSSR count). The zero-order valence-electron chi connectivity index (χ0n) is 8.16. The SMILES string of the molecule is C=C([NH3+])C(=O)NC(C)(C)CS(=O)(=O)[O-]. The Morgan fingerprint density at radius 1 is 1.57 bits per heavy atom. The number of rotatable bonds is 4. The quantitative estimate of drug-likeness (QED) is 0.430. The lowest BCUT2D eigenvalue weighted by Crippen LogP contribution is -2.58. The average molecular weight is 222 g/mol. The monoisotopic (exact) mass is 222 g/mol. The molecule has 0 aliphatic heterocycles. The van der Waals surface area contributed by atoms with Gasteiger partial charge in [0.25, 0.3) is 0 Å². The van der Waals surface area contributed by atoms with Gasteiger partial charge >= 0.3 is 5.91 Å². The second kappa shape index (κ2) is 4.07. The third kappa shape index (κ3) is 5.68. The molecule has 0 aliphatic carbocycles. The summed E-state index contributed by atoms with van der Waals surface area (Å²) in [6.45, 7) is 6.15. The molecule has 0 saturated carbocycles. The van der Waals surface area contributed by atoms with Gasteiger partial charge in [-0.05, 0) is 20.4 Å². The average Bonchev–Trinajstić information content (AvgIpc) is 1.78. The van der Waals surface area contributed by atoms with E-state index >= 15 is 0 Å². The van der Waals surface area contributed by atoms with Crippen molar-refractivity contribution in [3.8, 4) is 0 Å². The molecule has 0 atom stereocenters. The predicted octanol–water partition coefficient (Wildman–Crippen LogP) is -1.82. The largest absolute Gasteiger partial charge is 0.748 e. The summed E-state index contributed by atoms with van der Waals surface area (Å²) in [6.07, 6.45) is 0. The van der Waals surface area contributed by atoms with Crippen molar-refractivity contribution < 1.29 is 23.5 Å². The van der Waals surface area contributed by atoms with Crippen LogP contribution in [0.1, 0.15) is 13.8 Å². The van der Waals surface area contributed by atoms with Crippen LogP contribution in [0, 0.1) is 0 Å². The van der Waals surface area contributed by atoms with Crippen LogP contribution in [-0.4, -0.2) is 30.2 Å². The molecule has 0 radical (unpaired) electrons. The smallest absolute Gasteiger partial charge is 0.304 e. The summed E-state index contributed by atoms with van der Waals surface area (Å²) < 4.78 is 31.4. The van der Waals surface area contributed by atoms with Crippen LogP contribution in [-0.2, 0) is 14.9 Å². The minimum atomic E-state index is -4.37. The van der Waals surface area contributed by atoms with E-state index in [0.717, 1.165) is 0 Å². The minimum Gasteiger partial charge on any atom is -0.748 e. The second-order valence-electron chi connectivity index (χ2n) is 3.64. The normalized spacial score (nSPS) is 12.3. The van der Waals surface area contributed by atoms with E-state index in [1.165, 1.54) is 13.8 Å². The van der Waals surface area contributed by atoms with E-state index in [1.807, 2.05) is 0 Å². The number of carbonyl (C=O) groups excluding carboxylic acids is 1. The van der Waals surface area contributed by atoms with Crippen molar-refractivity contribution in [3.63, 3.8) is 0 Å². The molecule has 7 heteroatoms. The zero-order chi connectivity index (χ0) is 11.6. The lowest BCUT2D eigenvalue weighted by Gasteiger charge is -2.26. The summed E-state index contributed by atoms with van der Waals surface area (Å²) in [6, 6.07) is 0. The van der Waals surface area contributed by atoms with E-state index in [4.69, 9.17) is 0 Å². The highest BCUT2D eigenvalue weighted by Crippen LogP contribution is 2.05. The van der Waals surface area contributed by atoms with E-state index in [2.05, 4.69) is 17.6 Å². The Morgan fingerprint density at radius 3 is 2.29 bits per heavy atom. The van der Waals surface area contributed by atoms with Crippen molar-refractivity contribution in [2.75, 3.05) is 5.75 Å². The van der Waals surface area contributed by atoms with Gasteiger partial charge in [-0.3, -0.25) is 4.79 Å². The van der Waals surface area contributed by atoms with Crippen LogP contribution in [0.5, 0.6) is 0 Å². The molecular formula is C7H14N2O4S. The van der Waals surface area contributed by atoms with Gasteiger partial charge in [0, 0.05) is 5.54 Å². The van der Waals surface area contributed by atoms with Crippen molar-refractivity contribution in [1.82, 2.24) is 5.32 Å². The summed E-state index contributed by atoms with van der Waals surface area (Å²) in [4.78, 5) is 11.1. The molecule has 0 spiro atoms. The third-order valence-electron chi connectivity index (χ3n) is 1.31. The summed E-state index contributed by atoms with van der Waals surface area (Å²) in [5.74, 6) is -1.24. The van der Waals surface area contributed by atoms with Crippen LogP contribution < -0.4 is 11.1 Å². The van der Waals surface area contributed by atoms with Crippen LogP contribution >= 0.6 is 0 Å². The summed E-state index contributed by atoms with van der Waals surface area (Å²) in [5, 5.41) is 2.33. The van der Waals surface area contributed by atoms with Crippen molar-refractivity contribution in [3.05, 3.63) is 12.3 Å². The molecule has 0 unspecified atom stereocenters. The Kier molecular flexibility index (Phi) is 3.81. The summed E-state index contributed by atoms with van der Waals surface area (Å²) >= 11 is 0. The van der Waals surface area contributed by atoms with Gasteiger partial charge in [0.1, 0.15) is 0 Å². The van der Waals surface area contributed by atoms with Gasteiger partial charge in [0.15, 0.2) is 5.70 Å². The van der Waals surface area contributed by atoms with Crippen molar-refractivity contribution in [1.29, 1.82) is 0 Å². The lowest BCUT2D eigenvalue weighted by atomic mass is 10.1. The van der Waals surface area contributed by atoms with E-state index in [0.29, 0.717) is 0 Å². The second-order valence-corrected chi connectivity index (χ2v) is 5.05. The molecule has 82 valence electrons. The zero-order valence-corrected chi connectivity index (χ0v) is 8.98. The molecule has 0 saturated heterocycles. The van der Waals surface area contributed by atoms with Crippen molar-refractivity contribution in [2.45, 2.75) is 19.4 Å². The van der Waals surface area contributed by atoms with Crippen LogP contribution in [0.3, 0.4) is 0 Å². The number of hydrogen-bond donors (Lipinski definition) is 2. The van der Waals surface area contributed by atoms with Gasteiger partial charge in [-0.2, -0.15) is 0 Å². The van der Waals surface area contributed by atoms with E-state index < -0.39 is 27.3 Å². The summed E-state index contributed by atoms with van der Waals surface area (Å²) in [5.41, 5.74) is 2.19. The number of quaternary nitrogens is 1. The van der Waals surface area contributed by atoms with Crippen LogP contribution in [0.2, 0.25) is 0 Å². The maximum atomic E-state index is 11.1. The third-order valence-corrected chi connectivity index (χ3v) is 2.39. The molecule has 4 N–H and O–H groups in total. The summed E-state index contributed by atoms with van der Waals surface area (Å²) in [7, 11) is -4.37. The van der Waals surface area contributed by atoms with Crippen LogP contribution in [0.25, 0.3) is 0 Å². The fourth-order valence-corrected chi connectivity index (χ4v) is 1.83. The molecule has 14 heavy (non-hydrogen) atoms. The molecule has 0 aromatic rings. The number of carbonyl (C=O) groups is 1. The maximum absolute atomic E-state index is 11.1. The first-order valence-electron chi connectivity index (χ1n) is 3.80. The first kappa shape index (κ1) is 13.1. The first-order valence-corrected chi connectivity index (χ1v) is 5.38. The molecule has 0 heterocycles. The highest BCUT2D eigenvalue weighted by Gasteiger charge is 2.24. The van der Waals surface area contributed by atoms with Gasteiger partial charge in [-0.1, -0.05) is 0 Å². The fraction of sp³-hybridized carbons (Fsp3) is 0.571. The fourth-order valence-electron chi connectivity index (χ4n) is 0.874. The molecule has 0 fully saturated rings. The number of amides is 1. The van der Waals surface area contributed by atoms with Crippen molar-refractivity contribution >= 4 is 16.0 Å². The van der Waals surface area contributed by atoms with E-state index in [9.17, 15) is 17.8 Å². The van der Waals surface area contributed by atoms with E-state index in [-0.39, 0.29) is 5.70 Å². The van der Waals surface area contributed by atoms with Gasteiger partial charge in [-0.15, -0.1) is 0 Å². The number of nitrogens with one attached hydrogen (secondary N) is 1. The standard InChI is InChI=1S/C7H14N2O4S/c1-5(8)6(10)9-7(2,3)4-14(11,12)13/h1,4,8H2,2-3H3,(H,9,10)(H,11,12,13). The topological polar surface area (TPSA) is 114 Å². The van der Waals surface area contributed by atoms with Crippen LogP contribution in [0.15, 0.2) is 12.3 Å². The van der Waals surface area contributed by atoms with Gasteiger partial charge in [0.2, 0.25) is 0 Å². The highest BCUT2D eigenvalue weighted by atomic mass is 32.2. The molecular weight excluding hydrogens is 208 g/mol. The Hall–Kier alpha value is -0.920. The molecule has 0 aromatic carbocycles. The lowest BCUT2D eigenvalue weighted by molar-refractivity contribution is -0.298. The van der Waals surface area contributed by atoms with Gasteiger partial charge < -0.3 is 15.6 Å². The molecule has 0 aromatic heterocycles. The van der Waals surface area contributed by atoms with Gasteiger partial charge in [-0.25, -0.2) is 8.42 Å². The molecule has 0 bridgehead atoms. The molecule has 0 aliphatic rings. The Bertz CT molecular complexity index is 345. The minimum absolute atomic E-state index is 0.0152. The Labute approximate surface area is 82.9 Å². The van der Waals surface area contributed by atoms with Crippen LogP contribution in [0.4, 0.5) is 0 Å². The van der Waals surface area contributed by atoms with E-state index in [1.54, 1.807) is 0 Å². The molecule has 6 nitrogen and oxygen atoms in total. The predicted molar refractivity (Wildman–Crippen MR) is 48.8 cm³/mol.